The first-order valence-electron chi connectivity index (χ1n) is 10.2. The molecule has 0 aliphatic heterocycles. The Balaban J connectivity index is 1.65. The van der Waals surface area contributed by atoms with Gasteiger partial charge in [0.05, 0.1) is 22.7 Å². The van der Waals surface area contributed by atoms with Crippen LogP contribution in [0.25, 0.3) is 11.1 Å². The number of rotatable bonds is 6. The number of aromatic nitrogens is 2. The molecule has 0 radical (unpaired) electrons. The number of aromatic carboxylic acids is 1. The van der Waals surface area contributed by atoms with Crippen molar-refractivity contribution in [3.63, 3.8) is 0 Å². The van der Waals surface area contributed by atoms with E-state index in [4.69, 9.17) is 0 Å². The standard InChI is InChI=1S/C23H18F5N3O3/c1-2-31-11-12(10-29-31)19-15(20(32)33)8-14(9-18(19)25)30-21(34)22(5-6-22)16-4-3-13(7-17(16)24)23(26,27)28/h3-4,7-11H,2,5-6H2,1H3,(H,30,34)(H,32,33). The minimum Gasteiger partial charge on any atom is -0.478 e. The van der Waals surface area contributed by atoms with Crippen LogP contribution in [0.15, 0.2) is 42.7 Å². The molecule has 0 saturated heterocycles. The summed E-state index contributed by atoms with van der Waals surface area (Å²) in [4.78, 5) is 24.7. The quantitative estimate of drug-likeness (QED) is 0.474. The van der Waals surface area contributed by atoms with Gasteiger partial charge in [-0.2, -0.15) is 18.3 Å². The van der Waals surface area contributed by atoms with Crippen LogP contribution in [0.2, 0.25) is 0 Å². The number of hydrogen-bond acceptors (Lipinski definition) is 3. The van der Waals surface area contributed by atoms with E-state index >= 15 is 0 Å². The van der Waals surface area contributed by atoms with E-state index in [1.165, 1.54) is 17.1 Å². The third-order valence-corrected chi connectivity index (χ3v) is 5.82. The summed E-state index contributed by atoms with van der Waals surface area (Å²) >= 11 is 0. The molecule has 0 bridgehead atoms. The van der Waals surface area contributed by atoms with E-state index in [0.717, 1.165) is 18.2 Å². The fraction of sp³-hybridized carbons (Fsp3) is 0.261. The van der Waals surface area contributed by atoms with Gasteiger partial charge in [-0.25, -0.2) is 13.6 Å². The smallest absolute Gasteiger partial charge is 0.416 e. The van der Waals surface area contributed by atoms with Gasteiger partial charge in [0.2, 0.25) is 5.91 Å². The number of alkyl halides is 3. The summed E-state index contributed by atoms with van der Waals surface area (Å²) in [5.74, 6) is -4.31. The van der Waals surface area contributed by atoms with Crippen molar-refractivity contribution in [3.05, 3.63) is 71.1 Å². The Bertz CT molecular complexity index is 1300. The SMILES string of the molecule is CCn1cc(-c2c(F)cc(NC(=O)C3(c4ccc(C(F)(F)F)cc4F)CC3)cc2C(=O)O)cn1. The topological polar surface area (TPSA) is 84.2 Å². The second-order valence-corrected chi connectivity index (χ2v) is 8.00. The molecule has 0 atom stereocenters. The number of nitrogens with zero attached hydrogens (tertiary/aromatic N) is 2. The van der Waals surface area contributed by atoms with Crippen LogP contribution in [0.3, 0.4) is 0 Å². The fourth-order valence-corrected chi connectivity index (χ4v) is 3.88. The molecule has 0 unspecified atom stereocenters. The van der Waals surface area contributed by atoms with Gasteiger partial charge in [-0.05, 0) is 44.0 Å². The average molecular weight is 479 g/mol. The lowest BCUT2D eigenvalue weighted by Gasteiger charge is -2.18. The molecule has 0 spiro atoms. The van der Waals surface area contributed by atoms with E-state index in [1.807, 2.05) is 0 Å². The lowest BCUT2D eigenvalue weighted by molar-refractivity contribution is -0.137. The minimum absolute atomic E-state index is 0.170. The molecule has 178 valence electrons. The highest BCUT2D eigenvalue weighted by molar-refractivity contribution is 6.03. The van der Waals surface area contributed by atoms with Crippen molar-refractivity contribution in [1.82, 2.24) is 9.78 Å². The van der Waals surface area contributed by atoms with Crippen molar-refractivity contribution in [2.75, 3.05) is 5.32 Å². The number of amides is 1. The fourth-order valence-electron chi connectivity index (χ4n) is 3.88. The third-order valence-electron chi connectivity index (χ3n) is 5.82. The Kier molecular flexibility index (Phi) is 5.66. The third kappa shape index (κ3) is 4.13. The van der Waals surface area contributed by atoms with Gasteiger partial charge in [-0.15, -0.1) is 0 Å². The Labute approximate surface area is 190 Å². The molecule has 2 aromatic carbocycles. The van der Waals surface area contributed by atoms with Crippen LogP contribution in [0.1, 0.15) is 41.3 Å². The molecule has 1 aromatic heterocycles. The first-order valence-corrected chi connectivity index (χ1v) is 10.2. The van der Waals surface area contributed by atoms with E-state index in [-0.39, 0.29) is 35.2 Å². The van der Waals surface area contributed by atoms with Crippen LogP contribution < -0.4 is 5.32 Å². The molecule has 34 heavy (non-hydrogen) atoms. The van der Waals surface area contributed by atoms with E-state index in [2.05, 4.69) is 10.4 Å². The minimum atomic E-state index is -4.74. The van der Waals surface area contributed by atoms with Crippen molar-refractivity contribution in [2.45, 2.75) is 37.9 Å². The zero-order valence-corrected chi connectivity index (χ0v) is 17.7. The molecule has 1 heterocycles. The molecular weight excluding hydrogens is 461 g/mol. The number of carbonyl (C=O) groups is 2. The molecule has 3 aromatic rings. The predicted octanol–water partition coefficient (Wildman–Crippen LogP) is 5.24. The maximum atomic E-state index is 15.0. The molecule has 11 heteroatoms. The summed E-state index contributed by atoms with van der Waals surface area (Å²) in [6.07, 6.45) is -1.60. The summed E-state index contributed by atoms with van der Waals surface area (Å²) in [7, 11) is 0. The Morgan fingerprint density at radius 1 is 1.15 bits per heavy atom. The lowest BCUT2D eigenvalue weighted by atomic mass is 9.93. The Morgan fingerprint density at radius 3 is 2.38 bits per heavy atom. The van der Waals surface area contributed by atoms with E-state index in [1.54, 1.807) is 6.92 Å². The number of hydrogen-bond donors (Lipinski definition) is 2. The van der Waals surface area contributed by atoms with Crippen LogP contribution in [0.4, 0.5) is 27.6 Å². The molecule has 4 rings (SSSR count). The Hall–Kier alpha value is -3.76. The van der Waals surface area contributed by atoms with Crippen LogP contribution in [0.5, 0.6) is 0 Å². The predicted molar refractivity (Wildman–Crippen MR) is 111 cm³/mol. The molecule has 1 aliphatic rings. The van der Waals surface area contributed by atoms with Crippen molar-refractivity contribution in [3.8, 4) is 11.1 Å². The zero-order valence-electron chi connectivity index (χ0n) is 17.7. The van der Waals surface area contributed by atoms with Gasteiger partial charge < -0.3 is 10.4 Å². The van der Waals surface area contributed by atoms with Crippen LogP contribution >= 0.6 is 0 Å². The summed E-state index contributed by atoms with van der Waals surface area (Å²) in [5.41, 5.74) is -3.38. The molecule has 6 nitrogen and oxygen atoms in total. The van der Waals surface area contributed by atoms with E-state index in [0.29, 0.717) is 18.7 Å². The van der Waals surface area contributed by atoms with Crippen LogP contribution in [0, 0.1) is 11.6 Å². The first-order chi connectivity index (χ1) is 16.0. The van der Waals surface area contributed by atoms with Crippen molar-refractivity contribution < 1.29 is 36.6 Å². The lowest BCUT2D eigenvalue weighted by Crippen LogP contribution is -2.29. The molecule has 1 saturated carbocycles. The number of halogens is 5. The van der Waals surface area contributed by atoms with Gasteiger partial charge in [0.15, 0.2) is 0 Å². The van der Waals surface area contributed by atoms with E-state index < -0.39 is 46.2 Å². The summed E-state index contributed by atoms with van der Waals surface area (Å²) in [5, 5.41) is 16.0. The number of nitrogens with one attached hydrogen (secondary N) is 1. The zero-order chi connectivity index (χ0) is 24.8. The van der Waals surface area contributed by atoms with Gasteiger partial charge in [0.25, 0.3) is 0 Å². The van der Waals surface area contributed by atoms with Crippen molar-refractivity contribution >= 4 is 17.6 Å². The second-order valence-electron chi connectivity index (χ2n) is 8.00. The average Bonchev–Trinajstić information content (AvgIpc) is 3.43. The van der Waals surface area contributed by atoms with Gasteiger partial charge in [0.1, 0.15) is 11.6 Å². The first kappa shape index (κ1) is 23.4. The molecule has 1 amide bonds. The number of carbonyl (C=O) groups excluding carboxylic acids is 1. The normalized spacial score (nSPS) is 14.6. The number of carboxylic acids is 1. The number of aryl methyl sites for hydroxylation is 1. The summed E-state index contributed by atoms with van der Waals surface area (Å²) in [6, 6.07) is 3.95. The molecule has 1 fully saturated rings. The van der Waals surface area contributed by atoms with Gasteiger partial charge in [-0.1, -0.05) is 6.07 Å². The molecule has 2 N–H and O–H groups in total. The largest absolute Gasteiger partial charge is 0.478 e. The van der Waals surface area contributed by atoms with Crippen molar-refractivity contribution in [1.29, 1.82) is 0 Å². The number of carboxylic acid groups (broad SMARTS) is 1. The highest BCUT2D eigenvalue weighted by atomic mass is 19.4. The van der Waals surface area contributed by atoms with Crippen molar-refractivity contribution in [2.24, 2.45) is 0 Å². The van der Waals surface area contributed by atoms with Gasteiger partial charge in [-0.3, -0.25) is 9.48 Å². The highest BCUT2D eigenvalue weighted by Gasteiger charge is 2.53. The summed E-state index contributed by atoms with van der Waals surface area (Å²) < 4.78 is 69.5. The van der Waals surface area contributed by atoms with E-state index in [9.17, 15) is 36.6 Å². The second kappa shape index (κ2) is 8.23. The number of benzene rings is 2. The maximum Gasteiger partial charge on any atom is 0.416 e. The van der Waals surface area contributed by atoms with Gasteiger partial charge >= 0.3 is 12.1 Å². The van der Waals surface area contributed by atoms with Crippen LogP contribution in [-0.2, 0) is 22.9 Å². The van der Waals surface area contributed by atoms with Crippen LogP contribution in [-0.4, -0.2) is 26.8 Å². The summed E-state index contributed by atoms with van der Waals surface area (Å²) in [6.45, 7) is 2.29. The van der Waals surface area contributed by atoms with Gasteiger partial charge in [0, 0.05) is 35.1 Å². The number of anilines is 1. The monoisotopic (exact) mass is 479 g/mol. The highest BCUT2D eigenvalue weighted by Crippen LogP contribution is 2.50. The molecular formula is C23H18F5N3O3. The Morgan fingerprint density at radius 2 is 1.85 bits per heavy atom. The molecule has 1 aliphatic carbocycles. The maximum absolute atomic E-state index is 15.0.